The maximum atomic E-state index is 12.6. The minimum absolute atomic E-state index is 0.256. The van der Waals surface area contributed by atoms with Crippen LogP contribution < -0.4 is 0 Å². The Hall–Kier alpha value is -3.20. The van der Waals surface area contributed by atoms with Crippen molar-refractivity contribution < 1.29 is 9.53 Å². The van der Waals surface area contributed by atoms with Crippen LogP contribution in [-0.4, -0.2) is 18.2 Å². The lowest BCUT2D eigenvalue weighted by Crippen LogP contribution is -2.24. The van der Waals surface area contributed by atoms with Crippen LogP contribution in [0.2, 0.25) is 0 Å². The summed E-state index contributed by atoms with van der Waals surface area (Å²) in [7, 11) is 0. The Kier molecular flexibility index (Phi) is 6.32. The van der Waals surface area contributed by atoms with Crippen molar-refractivity contribution in [2.24, 2.45) is 4.99 Å². The molecule has 3 aromatic rings. The van der Waals surface area contributed by atoms with E-state index in [0.29, 0.717) is 6.42 Å². The quantitative estimate of drug-likeness (QED) is 0.469. The average molecular weight is 343 g/mol. The monoisotopic (exact) mass is 343 g/mol. The van der Waals surface area contributed by atoms with Crippen LogP contribution in [0.25, 0.3) is 0 Å². The zero-order valence-corrected chi connectivity index (χ0v) is 14.5. The number of hydrogen-bond donors (Lipinski definition) is 0. The van der Waals surface area contributed by atoms with Gasteiger partial charge in [0, 0.05) is 12.6 Å². The van der Waals surface area contributed by atoms with Gasteiger partial charge in [0.1, 0.15) is 6.61 Å². The summed E-state index contributed by atoms with van der Waals surface area (Å²) in [6.45, 7) is 0.256. The lowest BCUT2D eigenvalue weighted by molar-refractivity contribution is -0.146. The first kappa shape index (κ1) is 17.6. The number of carbonyl (C=O) groups is 1. The summed E-state index contributed by atoms with van der Waals surface area (Å²) < 4.78 is 5.50. The summed E-state index contributed by atoms with van der Waals surface area (Å²) in [4.78, 5) is 17.1. The van der Waals surface area contributed by atoms with Gasteiger partial charge in [-0.3, -0.25) is 4.99 Å². The first-order valence-electron chi connectivity index (χ1n) is 8.64. The molecule has 3 heteroatoms. The van der Waals surface area contributed by atoms with E-state index in [2.05, 4.69) is 4.99 Å². The Bertz CT molecular complexity index is 830. The van der Waals surface area contributed by atoms with E-state index in [9.17, 15) is 4.79 Å². The Morgan fingerprint density at radius 1 is 0.808 bits per heavy atom. The highest BCUT2D eigenvalue weighted by Gasteiger charge is 2.19. The summed E-state index contributed by atoms with van der Waals surface area (Å²) in [6, 6.07) is 28.7. The topological polar surface area (TPSA) is 38.7 Å². The van der Waals surface area contributed by atoms with Gasteiger partial charge in [-0.2, -0.15) is 0 Å². The maximum Gasteiger partial charge on any atom is 0.331 e. The van der Waals surface area contributed by atoms with E-state index in [0.717, 1.165) is 16.7 Å². The molecule has 0 bridgehead atoms. The number of hydrogen-bond acceptors (Lipinski definition) is 3. The number of benzene rings is 3. The molecular weight excluding hydrogens is 322 g/mol. The van der Waals surface area contributed by atoms with Gasteiger partial charge in [0.25, 0.3) is 0 Å². The fraction of sp³-hybridized carbons (Fsp3) is 0.130. The Labute approximate surface area is 154 Å². The van der Waals surface area contributed by atoms with Gasteiger partial charge in [0.15, 0.2) is 6.04 Å². The number of ether oxygens (including phenoxy) is 1. The SMILES string of the molecule is O=C(OCc1ccccc1)C(Cc1ccccc1)N=Cc1ccccc1. The first-order valence-corrected chi connectivity index (χ1v) is 8.64. The van der Waals surface area contributed by atoms with E-state index >= 15 is 0 Å². The molecule has 26 heavy (non-hydrogen) atoms. The minimum atomic E-state index is -0.568. The standard InChI is InChI=1S/C23H21NO2/c25-23(26-18-21-14-8-3-9-15-21)22(16-19-10-4-1-5-11-19)24-17-20-12-6-2-7-13-20/h1-15,17,22H,16,18H2. The fourth-order valence-electron chi connectivity index (χ4n) is 2.57. The lowest BCUT2D eigenvalue weighted by Gasteiger charge is -2.12. The summed E-state index contributed by atoms with van der Waals surface area (Å²) in [6.07, 6.45) is 2.25. The molecule has 0 N–H and O–H groups in total. The molecule has 0 aliphatic rings. The van der Waals surface area contributed by atoms with Crippen LogP contribution in [0, 0.1) is 0 Å². The van der Waals surface area contributed by atoms with Crippen LogP contribution in [0.15, 0.2) is 96.0 Å². The van der Waals surface area contributed by atoms with Crippen molar-refractivity contribution in [2.75, 3.05) is 0 Å². The first-order chi connectivity index (χ1) is 12.8. The Balaban J connectivity index is 1.71. The Morgan fingerprint density at radius 2 is 1.35 bits per heavy atom. The fourth-order valence-corrected chi connectivity index (χ4v) is 2.57. The number of rotatable bonds is 7. The normalized spacial score (nSPS) is 12.0. The van der Waals surface area contributed by atoms with Crippen LogP contribution >= 0.6 is 0 Å². The van der Waals surface area contributed by atoms with Crippen molar-refractivity contribution in [1.29, 1.82) is 0 Å². The molecule has 0 saturated heterocycles. The highest BCUT2D eigenvalue weighted by atomic mass is 16.5. The summed E-state index contributed by atoms with van der Waals surface area (Å²) >= 11 is 0. The zero-order chi connectivity index (χ0) is 18.0. The highest BCUT2D eigenvalue weighted by Crippen LogP contribution is 2.10. The molecule has 1 unspecified atom stereocenters. The minimum Gasteiger partial charge on any atom is -0.459 e. The molecule has 0 aliphatic heterocycles. The van der Waals surface area contributed by atoms with Gasteiger partial charge in [0.05, 0.1) is 0 Å². The van der Waals surface area contributed by atoms with Crippen molar-refractivity contribution in [2.45, 2.75) is 19.1 Å². The van der Waals surface area contributed by atoms with Gasteiger partial charge in [-0.15, -0.1) is 0 Å². The lowest BCUT2D eigenvalue weighted by atomic mass is 10.1. The van der Waals surface area contributed by atoms with Gasteiger partial charge in [-0.25, -0.2) is 4.79 Å². The smallest absolute Gasteiger partial charge is 0.331 e. The predicted molar refractivity (Wildman–Crippen MR) is 104 cm³/mol. The van der Waals surface area contributed by atoms with E-state index < -0.39 is 6.04 Å². The molecule has 0 amide bonds. The van der Waals surface area contributed by atoms with Gasteiger partial charge in [-0.05, 0) is 16.7 Å². The molecule has 3 nitrogen and oxygen atoms in total. The summed E-state index contributed by atoms with van der Waals surface area (Å²) in [5, 5.41) is 0. The van der Waals surface area contributed by atoms with Crippen molar-refractivity contribution in [3.05, 3.63) is 108 Å². The molecule has 0 aliphatic carbocycles. The molecular formula is C23H21NO2. The van der Waals surface area contributed by atoms with Gasteiger partial charge >= 0.3 is 5.97 Å². The number of esters is 1. The van der Waals surface area contributed by atoms with Crippen LogP contribution in [0.1, 0.15) is 16.7 Å². The van der Waals surface area contributed by atoms with Crippen LogP contribution in [0.4, 0.5) is 0 Å². The van der Waals surface area contributed by atoms with E-state index in [4.69, 9.17) is 4.74 Å². The second-order valence-corrected chi connectivity index (χ2v) is 5.99. The molecule has 3 rings (SSSR count). The van der Waals surface area contributed by atoms with Crippen LogP contribution in [0.5, 0.6) is 0 Å². The molecule has 0 aromatic heterocycles. The van der Waals surface area contributed by atoms with E-state index in [1.54, 1.807) is 6.21 Å². The van der Waals surface area contributed by atoms with Gasteiger partial charge < -0.3 is 4.74 Å². The number of carbonyl (C=O) groups excluding carboxylic acids is 1. The summed E-state index contributed by atoms with van der Waals surface area (Å²) in [5.74, 6) is -0.315. The average Bonchev–Trinajstić information content (AvgIpc) is 2.71. The van der Waals surface area contributed by atoms with E-state index in [1.165, 1.54) is 0 Å². The molecule has 3 aromatic carbocycles. The molecule has 0 fully saturated rings. The zero-order valence-electron chi connectivity index (χ0n) is 14.5. The van der Waals surface area contributed by atoms with Crippen LogP contribution in [0.3, 0.4) is 0 Å². The van der Waals surface area contributed by atoms with Gasteiger partial charge in [0.2, 0.25) is 0 Å². The molecule has 0 heterocycles. The van der Waals surface area contributed by atoms with E-state index in [1.807, 2.05) is 91.0 Å². The van der Waals surface area contributed by atoms with E-state index in [-0.39, 0.29) is 12.6 Å². The molecule has 0 spiro atoms. The van der Waals surface area contributed by atoms with Crippen molar-refractivity contribution in [1.82, 2.24) is 0 Å². The van der Waals surface area contributed by atoms with Crippen LogP contribution in [-0.2, 0) is 22.6 Å². The Morgan fingerprint density at radius 3 is 1.96 bits per heavy atom. The largest absolute Gasteiger partial charge is 0.459 e. The van der Waals surface area contributed by atoms with Crippen molar-refractivity contribution in [3.8, 4) is 0 Å². The summed E-state index contributed by atoms with van der Waals surface area (Å²) in [5.41, 5.74) is 2.98. The van der Waals surface area contributed by atoms with Crippen molar-refractivity contribution in [3.63, 3.8) is 0 Å². The third kappa shape index (κ3) is 5.42. The second-order valence-electron chi connectivity index (χ2n) is 5.99. The third-order valence-electron chi connectivity index (χ3n) is 3.97. The number of aliphatic imine (C=N–C) groups is 1. The van der Waals surface area contributed by atoms with Crippen molar-refractivity contribution >= 4 is 12.2 Å². The number of nitrogens with zero attached hydrogens (tertiary/aromatic N) is 1. The molecule has 0 saturated carbocycles. The maximum absolute atomic E-state index is 12.6. The molecule has 0 radical (unpaired) electrons. The third-order valence-corrected chi connectivity index (χ3v) is 3.97. The predicted octanol–water partition coefficient (Wildman–Crippen LogP) is 4.46. The molecule has 130 valence electrons. The second kappa shape index (κ2) is 9.33. The molecule has 1 atom stereocenters. The van der Waals surface area contributed by atoms with Gasteiger partial charge in [-0.1, -0.05) is 91.0 Å². The highest BCUT2D eigenvalue weighted by molar-refractivity contribution is 5.84.